The van der Waals surface area contributed by atoms with Crippen molar-refractivity contribution in [3.05, 3.63) is 64.7 Å². The average Bonchev–Trinajstić information content (AvgIpc) is 2.79. The van der Waals surface area contributed by atoms with Gasteiger partial charge in [-0.05, 0) is 53.6 Å². The summed E-state index contributed by atoms with van der Waals surface area (Å²) in [5.74, 6) is 0.377. The second kappa shape index (κ2) is 3.84. The van der Waals surface area contributed by atoms with E-state index in [4.69, 9.17) is 0 Å². The molecule has 2 nitrogen and oxygen atoms in total. The Kier molecular flexibility index (Phi) is 2.24. The summed E-state index contributed by atoms with van der Waals surface area (Å²) in [5, 5.41) is 13.4. The fourth-order valence-corrected chi connectivity index (χ4v) is 3.78. The third kappa shape index (κ3) is 1.47. The van der Waals surface area contributed by atoms with Gasteiger partial charge in [0.15, 0.2) is 0 Å². The zero-order valence-electron chi connectivity index (χ0n) is 10.8. The number of aryl methyl sites for hydroxylation is 1. The lowest BCUT2D eigenvalue weighted by Gasteiger charge is -2.38. The molecule has 0 radical (unpaired) electrons. The Morgan fingerprint density at radius 3 is 2.74 bits per heavy atom. The van der Waals surface area contributed by atoms with Gasteiger partial charge >= 0.3 is 0 Å². The molecule has 1 heterocycles. The number of phenols is 1. The van der Waals surface area contributed by atoms with Crippen LogP contribution >= 0.6 is 0 Å². The maximum atomic E-state index is 9.69. The van der Waals surface area contributed by atoms with E-state index < -0.39 is 0 Å². The first-order valence-corrected chi connectivity index (χ1v) is 6.95. The first-order valence-electron chi connectivity index (χ1n) is 6.95. The molecule has 1 spiro atoms. The third-order valence-electron chi connectivity index (χ3n) is 4.62. The standard InChI is InChI=1S/C17H17NO/c19-14-5-6-16-13(11-14)8-10-18-17(16)9-7-12-3-1-2-4-15(12)17/h1-6,11,18-19H,7-10H2. The molecule has 96 valence electrons. The van der Waals surface area contributed by atoms with E-state index in [0.29, 0.717) is 5.75 Å². The van der Waals surface area contributed by atoms with Gasteiger partial charge in [0.25, 0.3) is 0 Å². The number of aromatic hydroxyl groups is 1. The molecule has 1 atom stereocenters. The zero-order chi connectivity index (χ0) is 12.9. The summed E-state index contributed by atoms with van der Waals surface area (Å²) in [4.78, 5) is 0. The number of phenolic OH excluding ortho intramolecular Hbond substituents is 1. The SMILES string of the molecule is Oc1ccc2c(c1)CCNC21CCc2ccccc21. The van der Waals surface area contributed by atoms with E-state index in [1.54, 1.807) is 0 Å². The molecule has 19 heavy (non-hydrogen) atoms. The summed E-state index contributed by atoms with van der Waals surface area (Å²) in [5.41, 5.74) is 5.48. The highest BCUT2D eigenvalue weighted by Crippen LogP contribution is 2.45. The fraction of sp³-hybridized carbons (Fsp3) is 0.294. The molecule has 0 fully saturated rings. The van der Waals surface area contributed by atoms with Crippen molar-refractivity contribution in [3.63, 3.8) is 0 Å². The minimum absolute atomic E-state index is 0.0299. The van der Waals surface area contributed by atoms with Gasteiger partial charge in [0.05, 0.1) is 5.54 Å². The summed E-state index contributed by atoms with van der Waals surface area (Å²) in [6, 6.07) is 14.6. The molecule has 2 aromatic rings. The lowest BCUT2D eigenvalue weighted by atomic mass is 9.78. The van der Waals surface area contributed by atoms with Gasteiger partial charge in [-0.1, -0.05) is 30.3 Å². The lowest BCUT2D eigenvalue weighted by Crippen LogP contribution is -2.46. The van der Waals surface area contributed by atoms with Crippen molar-refractivity contribution >= 4 is 0 Å². The Morgan fingerprint density at radius 1 is 0.947 bits per heavy atom. The number of hydrogen-bond acceptors (Lipinski definition) is 2. The second-order valence-electron chi connectivity index (χ2n) is 5.58. The molecule has 2 aromatic carbocycles. The van der Waals surface area contributed by atoms with Crippen LogP contribution < -0.4 is 5.32 Å². The van der Waals surface area contributed by atoms with E-state index in [9.17, 15) is 5.11 Å². The number of rotatable bonds is 0. The van der Waals surface area contributed by atoms with Crippen molar-refractivity contribution in [2.75, 3.05) is 6.54 Å². The summed E-state index contributed by atoms with van der Waals surface area (Å²) < 4.78 is 0. The van der Waals surface area contributed by atoms with E-state index in [0.717, 1.165) is 25.8 Å². The molecule has 1 aliphatic carbocycles. The molecule has 0 aromatic heterocycles. The van der Waals surface area contributed by atoms with Gasteiger partial charge in [-0.3, -0.25) is 0 Å². The summed E-state index contributed by atoms with van der Waals surface area (Å²) in [6.07, 6.45) is 3.24. The molecule has 0 amide bonds. The van der Waals surface area contributed by atoms with E-state index in [1.165, 1.54) is 22.3 Å². The van der Waals surface area contributed by atoms with Crippen molar-refractivity contribution in [1.82, 2.24) is 5.32 Å². The number of fused-ring (bicyclic) bond motifs is 4. The summed E-state index contributed by atoms with van der Waals surface area (Å²) >= 11 is 0. The topological polar surface area (TPSA) is 32.3 Å². The van der Waals surface area contributed by atoms with E-state index in [1.807, 2.05) is 12.1 Å². The van der Waals surface area contributed by atoms with Crippen LogP contribution in [0, 0.1) is 0 Å². The van der Waals surface area contributed by atoms with Crippen LogP contribution in [0.1, 0.15) is 28.7 Å². The highest BCUT2D eigenvalue weighted by molar-refractivity contribution is 5.52. The maximum Gasteiger partial charge on any atom is 0.115 e. The van der Waals surface area contributed by atoms with Crippen LogP contribution in [0.25, 0.3) is 0 Å². The maximum absolute atomic E-state index is 9.69. The molecule has 0 saturated heterocycles. The normalized spacial score (nSPS) is 24.2. The van der Waals surface area contributed by atoms with Crippen LogP contribution in [0.2, 0.25) is 0 Å². The van der Waals surface area contributed by atoms with Crippen molar-refractivity contribution in [2.45, 2.75) is 24.8 Å². The van der Waals surface area contributed by atoms with Crippen molar-refractivity contribution in [2.24, 2.45) is 0 Å². The van der Waals surface area contributed by atoms with Crippen LogP contribution in [-0.2, 0) is 18.4 Å². The highest BCUT2D eigenvalue weighted by atomic mass is 16.3. The predicted molar refractivity (Wildman–Crippen MR) is 75.4 cm³/mol. The monoisotopic (exact) mass is 251 g/mol. The minimum Gasteiger partial charge on any atom is -0.508 e. The van der Waals surface area contributed by atoms with Gasteiger partial charge in [0, 0.05) is 6.54 Å². The Morgan fingerprint density at radius 2 is 1.79 bits per heavy atom. The predicted octanol–water partition coefficient (Wildman–Crippen LogP) is 2.73. The Hall–Kier alpha value is -1.80. The minimum atomic E-state index is -0.0299. The quantitative estimate of drug-likeness (QED) is 0.754. The molecule has 1 unspecified atom stereocenters. The molecular weight excluding hydrogens is 234 g/mol. The number of hydrogen-bond donors (Lipinski definition) is 2. The first kappa shape index (κ1) is 11.1. The molecule has 2 heteroatoms. The van der Waals surface area contributed by atoms with Crippen LogP contribution in [-0.4, -0.2) is 11.7 Å². The fourth-order valence-electron chi connectivity index (χ4n) is 3.78. The Balaban J connectivity index is 1.95. The Bertz CT molecular complexity index is 649. The van der Waals surface area contributed by atoms with Crippen molar-refractivity contribution in [3.8, 4) is 5.75 Å². The first-order chi connectivity index (χ1) is 9.29. The van der Waals surface area contributed by atoms with Gasteiger partial charge < -0.3 is 10.4 Å². The van der Waals surface area contributed by atoms with Gasteiger partial charge in [-0.2, -0.15) is 0 Å². The number of nitrogens with one attached hydrogen (secondary N) is 1. The van der Waals surface area contributed by atoms with Gasteiger partial charge in [0.1, 0.15) is 5.75 Å². The molecule has 2 aliphatic rings. The third-order valence-corrected chi connectivity index (χ3v) is 4.62. The lowest BCUT2D eigenvalue weighted by molar-refractivity contribution is 0.376. The van der Waals surface area contributed by atoms with Crippen LogP contribution in [0.15, 0.2) is 42.5 Å². The summed E-state index contributed by atoms with van der Waals surface area (Å²) in [6.45, 7) is 0.977. The molecular formula is C17H17NO. The summed E-state index contributed by atoms with van der Waals surface area (Å²) in [7, 11) is 0. The van der Waals surface area contributed by atoms with E-state index in [-0.39, 0.29) is 5.54 Å². The Labute approximate surface area is 113 Å². The molecule has 4 rings (SSSR count). The van der Waals surface area contributed by atoms with E-state index >= 15 is 0 Å². The van der Waals surface area contributed by atoms with E-state index in [2.05, 4.69) is 35.6 Å². The van der Waals surface area contributed by atoms with Gasteiger partial charge in [-0.25, -0.2) is 0 Å². The zero-order valence-corrected chi connectivity index (χ0v) is 10.8. The molecule has 2 N–H and O–H groups in total. The highest BCUT2D eigenvalue weighted by Gasteiger charge is 2.42. The van der Waals surface area contributed by atoms with Crippen LogP contribution in [0.3, 0.4) is 0 Å². The smallest absolute Gasteiger partial charge is 0.115 e. The van der Waals surface area contributed by atoms with Gasteiger partial charge in [-0.15, -0.1) is 0 Å². The number of benzene rings is 2. The molecule has 0 saturated carbocycles. The van der Waals surface area contributed by atoms with Crippen LogP contribution in [0.4, 0.5) is 0 Å². The average molecular weight is 251 g/mol. The van der Waals surface area contributed by atoms with Crippen molar-refractivity contribution in [1.29, 1.82) is 0 Å². The largest absolute Gasteiger partial charge is 0.508 e. The van der Waals surface area contributed by atoms with Gasteiger partial charge in [0.2, 0.25) is 0 Å². The second-order valence-corrected chi connectivity index (χ2v) is 5.58. The van der Waals surface area contributed by atoms with Crippen molar-refractivity contribution < 1.29 is 5.11 Å². The van der Waals surface area contributed by atoms with Crippen LogP contribution in [0.5, 0.6) is 5.75 Å². The molecule has 0 bridgehead atoms. The molecule has 1 aliphatic heterocycles.